The molecule has 0 radical (unpaired) electrons. The summed E-state index contributed by atoms with van der Waals surface area (Å²) in [6.45, 7) is 7.04. The quantitative estimate of drug-likeness (QED) is 0.713. The van der Waals surface area contributed by atoms with Crippen molar-refractivity contribution in [3.8, 4) is 0 Å². The van der Waals surface area contributed by atoms with Crippen molar-refractivity contribution in [2.75, 3.05) is 23.7 Å². The minimum atomic E-state index is 0.518. The summed E-state index contributed by atoms with van der Waals surface area (Å²) >= 11 is 0. The lowest BCUT2D eigenvalue weighted by molar-refractivity contribution is 0.280. The summed E-state index contributed by atoms with van der Waals surface area (Å²) < 4.78 is 0. The maximum atomic E-state index is 5.68. The van der Waals surface area contributed by atoms with Gasteiger partial charge in [-0.25, -0.2) is 0 Å². The Balaban J connectivity index is 2.04. The summed E-state index contributed by atoms with van der Waals surface area (Å²) in [6, 6.07) is 8.20. The summed E-state index contributed by atoms with van der Waals surface area (Å²) in [6.07, 6.45) is 2.55. The molecular weight excluding hydrogens is 184 g/mol. The Hall–Kier alpha value is -1.18. The molecule has 0 bridgehead atoms. The average Bonchev–Trinajstić information content (AvgIpc) is 2.20. The highest BCUT2D eigenvalue weighted by atomic mass is 15.1. The number of anilines is 2. The van der Waals surface area contributed by atoms with E-state index in [4.69, 9.17) is 5.73 Å². The van der Waals surface area contributed by atoms with Gasteiger partial charge in [-0.1, -0.05) is 13.8 Å². The van der Waals surface area contributed by atoms with Crippen LogP contribution in [0.5, 0.6) is 0 Å². The molecule has 0 aromatic heterocycles. The Kier molecular flexibility index (Phi) is 2.59. The van der Waals surface area contributed by atoms with E-state index < -0.39 is 0 Å². The van der Waals surface area contributed by atoms with E-state index in [9.17, 15) is 0 Å². The third-order valence-corrected chi connectivity index (χ3v) is 3.38. The van der Waals surface area contributed by atoms with E-state index in [2.05, 4.69) is 30.9 Å². The Morgan fingerprint density at radius 3 is 2.13 bits per heavy atom. The van der Waals surface area contributed by atoms with Gasteiger partial charge in [0.25, 0.3) is 0 Å². The summed E-state index contributed by atoms with van der Waals surface area (Å²) in [5.41, 5.74) is 8.35. The number of benzene rings is 1. The van der Waals surface area contributed by atoms with Crippen molar-refractivity contribution in [3.63, 3.8) is 0 Å². The smallest absolute Gasteiger partial charge is 0.0367 e. The van der Waals surface area contributed by atoms with Gasteiger partial charge in [-0.3, -0.25) is 0 Å². The lowest BCUT2D eigenvalue weighted by Gasteiger charge is -2.38. The van der Waals surface area contributed by atoms with Crippen molar-refractivity contribution >= 4 is 11.4 Å². The SMILES string of the molecule is CC1(C)CCN(c2ccc(N)cc2)CC1. The van der Waals surface area contributed by atoms with Crippen molar-refractivity contribution < 1.29 is 0 Å². The molecule has 0 saturated carbocycles. The molecule has 1 aromatic rings. The van der Waals surface area contributed by atoms with Crippen molar-refractivity contribution in [2.45, 2.75) is 26.7 Å². The molecule has 0 amide bonds. The monoisotopic (exact) mass is 204 g/mol. The van der Waals surface area contributed by atoms with Gasteiger partial charge in [0.1, 0.15) is 0 Å². The van der Waals surface area contributed by atoms with Crippen molar-refractivity contribution in [1.29, 1.82) is 0 Å². The van der Waals surface area contributed by atoms with E-state index in [1.54, 1.807) is 0 Å². The zero-order chi connectivity index (χ0) is 10.9. The van der Waals surface area contributed by atoms with E-state index in [0.717, 1.165) is 18.8 Å². The molecule has 1 heterocycles. The van der Waals surface area contributed by atoms with Gasteiger partial charge in [0.2, 0.25) is 0 Å². The van der Waals surface area contributed by atoms with Crippen LogP contribution in [-0.2, 0) is 0 Å². The first-order valence-corrected chi connectivity index (χ1v) is 5.67. The first-order chi connectivity index (χ1) is 7.07. The predicted octanol–water partition coefficient (Wildman–Crippen LogP) is 2.90. The molecule has 15 heavy (non-hydrogen) atoms. The van der Waals surface area contributed by atoms with Gasteiger partial charge in [-0.05, 0) is 42.5 Å². The number of piperidine rings is 1. The fourth-order valence-electron chi connectivity index (χ4n) is 2.06. The Morgan fingerprint density at radius 2 is 1.60 bits per heavy atom. The van der Waals surface area contributed by atoms with E-state index in [-0.39, 0.29) is 0 Å². The van der Waals surface area contributed by atoms with Crippen LogP contribution >= 0.6 is 0 Å². The van der Waals surface area contributed by atoms with E-state index in [0.29, 0.717) is 5.41 Å². The van der Waals surface area contributed by atoms with Gasteiger partial charge in [0, 0.05) is 24.5 Å². The van der Waals surface area contributed by atoms with Crippen LogP contribution in [0.15, 0.2) is 24.3 Å². The highest BCUT2D eigenvalue weighted by molar-refractivity contribution is 5.53. The van der Waals surface area contributed by atoms with Crippen molar-refractivity contribution in [1.82, 2.24) is 0 Å². The largest absolute Gasteiger partial charge is 0.399 e. The second-order valence-corrected chi connectivity index (χ2v) is 5.24. The Morgan fingerprint density at radius 1 is 1.07 bits per heavy atom. The maximum Gasteiger partial charge on any atom is 0.0367 e. The molecule has 0 unspecified atom stereocenters. The molecule has 2 N–H and O–H groups in total. The molecule has 1 aliphatic rings. The number of nitrogen functional groups attached to an aromatic ring is 1. The Labute approximate surface area is 92.1 Å². The number of nitrogens with zero attached hydrogens (tertiary/aromatic N) is 1. The minimum absolute atomic E-state index is 0.518. The molecule has 82 valence electrons. The van der Waals surface area contributed by atoms with Crippen LogP contribution in [0.25, 0.3) is 0 Å². The van der Waals surface area contributed by atoms with Crippen LogP contribution in [0, 0.1) is 5.41 Å². The molecule has 2 heteroatoms. The normalized spacial score (nSPS) is 20.3. The number of hydrogen-bond acceptors (Lipinski definition) is 2. The summed E-state index contributed by atoms with van der Waals surface area (Å²) in [4.78, 5) is 2.45. The van der Waals surface area contributed by atoms with Gasteiger partial charge in [0.05, 0.1) is 0 Å². The van der Waals surface area contributed by atoms with E-state index in [1.165, 1.54) is 18.5 Å². The van der Waals surface area contributed by atoms with Gasteiger partial charge in [0.15, 0.2) is 0 Å². The van der Waals surface area contributed by atoms with Crippen LogP contribution in [-0.4, -0.2) is 13.1 Å². The van der Waals surface area contributed by atoms with Crippen LogP contribution in [0.4, 0.5) is 11.4 Å². The first kappa shape index (κ1) is 10.3. The third-order valence-electron chi connectivity index (χ3n) is 3.38. The summed E-state index contributed by atoms with van der Waals surface area (Å²) in [7, 11) is 0. The van der Waals surface area contributed by atoms with Gasteiger partial charge in [-0.15, -0.1) is 0 Å². The highest BCUT2D eigenvalue weighted by Gasteiger charge is 2.25. The molecule has 2 nitrogen and oxygen atoms in total. The lowest BCUT2D eigenvalue weighted by Crippen LogP contribution is -2.37. The summed E-state index contributed by atoms with van der Waals surface area (Å²) in [5.74, 6) is 0. The molecule has 0 aliphatic carbocycles. The van der Waals surface area contributed by atoms with E-state index in [1.807, 2.05) is 12.1 Å². The topological polar surface area (TPSA) is 29.3 Å². The minimum Gasteiger partial charge on any atom is -0.399 e. The van der Waals surface area contributed by atoms with Crippen LogP contribution in [0.1, 0.15) is 26.7 Å². The zero-order valence-electron chi connectivity index (χ0n) is 9.66. The second kappa shape index (κ2) is 3.76. The molecule has 1 saturated heterocycles. The number of hydrogen-bond donors (Lipinski definition) is 1. The van der Waals surface area contributed by atoms with Crippen LogP contribution in [0.3, 0.4) is 0 Å². The molecule has 2 rings (SSSR count). The Bertz CT molecular complexity index is 317. The van der Waals surface area contributed by atoms with Crippen molar-refractivity contribution in [2.24, 2.45) is 5.41 Å². The van der Waals surface area contributed by atoms with Crippen LogP contribution in [0.2, 0.25) is 0 Å². The highest BCUT2D eigenvalue weighted by Crippen LogP contribution is 2.32. The molecule has 0 spiro atoms. The first-order valence-electron chi connectivity index (χ1n) is 5.67. The predicted molar refractivity (Wildman–Crippen MR) is 66.1 cm³/mol. The van der Waals surface area contributed by atoms with Gasteiger partial charge in [-0.2, -0.15) is 0 Å². The molecule has 1 fully saturated rings. The average molecular weight is 204 g/mol. The molecule has 0 atom stereocenters. The van der Waals surface area contributed by atoms with Gasteiger partial charge < -0.3 is 10.6 Å². The molecule has 1 aliphatic heterocycles. The fourth-order valence-corrected chi connectivity index (χ4v) is 2.06. The maximum absolute atomic E-state index is 5.68. The number of nitrogens with two attached hydrogens (primary N) is 1. The van der Waals surface area contributed by atoms with E-state index >= 15 is 0 Å². The molecular formula is C13H20N2. The number of rotatable bonds is 1. The van der Waals surface area contributed by atoms with Gasteiger partial charge >= 0.3 is 0 Å². The zero-order valence-corrected chi connectivity index (χ0v) is 9.66. The van der Waals surface area contributed by atoms with Crippen LogP contribution < -0.4 is 10.6 Å². The fraction of sp³-hybridized carbons (Fsp3) is 0.538. The standard InChI is InChI=1S/C13H20N2/c1-13(2)7-9-15(10-8-13)12-5-3-11(14)4-6-12/h3-6H,7-10,14H2,1-2H3. The van der Waals surface area contributed by atoms with Crippen molar-refractivity contribution in [3.05, 3.63) is 24.3 Å². The third kappa shape index (κ3) is 2.44. The second-order valence-electron chi connectivity index (χ2n) is 5.24. The summed E-state index contributed by atoms with van der Waals surface area (Å²) in [5, 5.41) is 0. The lowest BCUT2D eigenvalue weighted by atomic mass is 9.82. The molecule has 1 aromatic carbocycles.